The molecule has 0 atom stereocenters. The number of amides is 2. The van der Waals surface area contributed by atoms with Crippen LogP contribution in [0.5, 0.6) is 5.75 Å². The average Bonchev–Trinajstić information content (AvgIpc) is 2.45. The lowest BCUT2D eigenvalue weighted by molar-refractivity contribution is 0.0296. The van der Waals surface area contributed by atoms with Crippen molar-refractivity contribution in [2.45, 2.75) is 6.10 Å². The maximum Gasteiger partial charge on any atom is 0.320 e. The molecule has 1 aromatic carbocycles. The molecule has 0 bridgehead atoms. The van der Waals surface area contributed by atoms with Gasteiger partial charge in [-0.2, -0.15) is 0 Å². The van der Waals surface area contributed by atoms with Crippen molar-refractivity contribution in [1.29, 1.82) is 0 Å². The molecule has 20 heavy (non-hydrogen) atoms. The standard InChI is InChI=1S/C14H18FN3O2/c15-11-1-3-12(4-2-11)20-13-9-18(10-13)14(19)17-7-5-16-6-8-17/h1-4,13,16H,5-10H2. The summed E-state index contributed by atoms with van der Waals surface area (Å²) in [7, 11) is 0. The van der Waals surface area contributed by atoms with Crippen LogP contribution >= 0.6 is 0 Å². The van der Waals surface area contributed by atoms with E-state index in [-0.39, 0.29) is 18.0 Å². The van der Waals surface area contributed by atoms with Crippen LogP contribution in [0, 0.1) is 5.82 Å². The molecule has 0 spiro atoms. The third-order valence-corrected chi connectivity index (χ3v) is 3.62. The van der Waals surface area contributed by atoms with Gasteiger partial charge < -0.3 is 19.9 Å². The van der Waals surface area contributed by atoms with Gasteiger partial charge in [-0.15, -0.1) is 0 Å². The zero-order chi connectivity index (χ0) is 13.9. The number of piperazine rings is 1. The largest absolute Gasteiger partial charge is 0.487 e. The number of nitrogens with one attached hydrogen (secondary N) is 1. The first-order chi connectivity index (χ1) is 9.72. The normalized spacial score (nSPS) is 19.6. The molecule has 0 aromatic heterocycles. The number of benzene rings is 1. The maximum atomic E-state index is 12.8. The Morgan fingerprint density at radius 1 is 1.15 bits per heavy atom. The Hall–Kier alpha value is -1.82. The highest BCUT2D eigenvalue weighted by Crippen LogP contribution is 2.19. The van der Waals surface area contributed by atoms with E-state index in [1.54, 1.807) is 17.0 Å². The topological polar surface area (TPSA) is 44.8 Å². The third-order valence-electron chi connectivity index (χ3n) is 3.62. The Bertz CT molecular complexity index is 468. The van der Waals surface area contributed by atoms with E-state index < -0.39 is 0 Å². The van der Waals surface area contributed by atoms with E-state index in [2.05, 4.69) is 5.32 Å². The van der Waals surface area contributed by atoms with Crippen molar-refractivity contribution in [2.75, 3.05) is 39.3 Å². The minimum atomic E-state index is -0.276. The van der Waals surface area contributed by atoms with E-state index in [1.807, 2.05) is 4.90 Å². The van der Waals surface area contributed by atoms with Crippen LogP contribution in [0.3, 0.4) is 0 Å². The molecular weight excluding hydrogens is 261 g/mol. The molecule has 2 fully saturated rings. The second-order valence-corrected chi connectivity index (χ2v) is 5.12. The first kappa shape index (κ1) is 13.2. The number of nitrogens with zero attached hydrogens (tertiary/aromatic N) is 2. The van der Waals surface area contributed by atoms with E-state index >= 15 is 0 Å². The number of likely N-dealkylation sites (tertiary alicyclic amines) is 1. The van der Waals surface area contributed by atoms with Gasteiger partial charge in [0.25, 0.3) is 0 Å². The summed E-state index contributed by atoms with van der Waals surface area (Å²) in [5.74, 6) is 0.368. The lowest BCUT2D eigenvalue weighted by Gasteiger charge is -2.42. The zero-order valence-electron chi connectivity index (χ0n) is 11.2. The first-order valence-corrected chi connectivity index (χ1v) is 6.89. The molecule has 2 saturated heterocycles. The summed E-state index contributed by atoms with van der Waals surface area (Å²) in [6.45, 7) is 4.43. The van der Waals surface area contributed by atoms with Gasteiger partial charge in [0.15, 0.2) is 0 Å². The number of hydrogen-bond donors (Lipinski definition) is 1. The molecule has 2 amide bonds. The van der Waals surface area contributed by atoms with Crippen LogP contribution in [0.2, 0.25) is 0 Å². The predicted molar refractivity (Wildman–Crippen MR) is 72.2 cm³/mol. The second kappa shape index (κ2) is 5.66. The van der Waals surface area contributed by atoms with Crippen molar-refractivity contribution in [1.82, 2.24) is 15.1 Å². The van der Waals surface area contributed by atoms with E-state index in [9.17, 15) is 9.18 Å². The quantitative estimate of drug-likeness (QED) is 0.875. The lowest BCUT2D eigenvalue weighted by atomic mass is 10.1. The molecule has 0 unspecified atom stereocenters. The molecule has 5 nitrogen and oxygen atoms in total. The average molecular weight is 279 g/mol. The van der Waals surface area contributed by atoms with Gasteiger partial charge in [0.05, 0.1) is 13.1 Å². The van der Waals surface area contributed by atoms with Crippen molar-refractivity contribution in [3.8, 4) is 5.75 Å². The molecular formula is C14H18FN3O2. The molecule has 0 aliphatic carbocycles. The van der Waals surface area contributed by atoms with Crippen molar-refractivity contribution in [3.05, 3.63) is 30.1 Å². The number of halogens is 1. The Morgan fingerprint density at radius 3 is 2.45 bits per heavy atom. The van der Waals surface area contributed by atoms with Gasteiger partial charge >= 0.3 is 6.03 Å². The Balaban J connectivity index is 1.46. The molecule has 0 radical (unpaired) electrons. The monoisotopic (exact) mass is 279 g/mol. The Morgan fingerprint density at radius 2 is 1.80 bits per heavy atom. The van der Waals surface area contributed by atoms with Crippen LogP contribution in [0.4, 0.5) is 9.18 Å². The smallest absolute Gasteiger partial charge is 0.320 e. The van der Waals surface area contributed by atoms with E-state index in [1.165, 1.54) is 12.1 Å². The number of ether oxygens (including phenoxy) is 1. The SMILES string of the molecule is O=C(N1CCNCC1)N1CC(Oc2ccc(F)cc2)C1. The second-order valence-electron chi connectivity index (χ2n) is 5.12. The number of urea groups is 1. The van der Waals surface area contributed by atoms with Gasteiger partial charge in [-0.1, -0.05) is 0 Å². The number of hydrogen-bond acceptors (Lipinski definition) is 3. The minimum Gasteiger partial charge on any atom is -0.487 e. The fourth-order valence-corrected chi connectivity index (χ4v) is 2.43. The van der Waals surface area contributed by atoms with Crippen LogP contribution in [-0.4, -0.2) is 61.2 Å². The highest BCUT2D eigenvalue weighted by atomic mass is 19.1. The summed E-state index contributed by atoms with van der Waals surface area (Å²) in [6.07, 6.45) is 0.00678. The fraction of sp³-hybridized carbons (Fsp3) is 0.500. The highest BCUT2D eigenvalue weighted by Gasteiger charge is 2.35. The molecule has 1 aromatic rings. The molecule has 2 heterocycles. The fourth-order valence-electron chi connectivity index (χ4n) is 2.43. The summed E-state index contributed by atoms with van der Waals surface area (Å²) in [5.41, 5.74) is 0. The maximum absolute atomic E-state index is 12.8. The molecule has 1 N–H and O–H groups in total. The summed E-state index contributed by atoms with van der Waals surface area (Å²) in [6, 6.07) is 6.05. The van der Waals surface area contributed by atoms with Gasteiger partial charge in [0, 0.05) is 26.2 Å². The van der Waals surface area contributed by atoms with Crippen LogP contribution < -0.4 is 10.1 Å². The number of carbonyl (C=O) groups excluding carboxylic acids is 1. The van der Waals surface area contributed by atoms with Crippen LogP contribution in [0.15, 0.2) is 24.3 Å². The lowest BCUT2D eigenvalue weighted by Crippen LogP contribution is -2.61. The van der Waals surface area contributed by atoms with Crippen molar-refractivity contribution in [3.63, 3.8) is 0 Å². The molecule has 6 heteroatoms. The summed E-state index contributed by atoms with van der Waals surface area (Å²) in [5, 5.41) is 3.22. The van der Waals surface area contributed by atoms with Crippen LogP contribution in [0.25, 0.3) is 0 Å². The van der Waals surface area contributed by atoms with Gasteiger partial charge in [-0.3, -0.25) is 0 Å². The van der Waals surface area contributed by atoms with E-state index in [4.69, 9.17) is 4.74 Å². The number of rotatable bonds is 2. The summed E-state index contributed by atoms with van der Waals surface area (Å²) in [4.78, 5) is 15.8. The molecule has 2 aliphatic rings. The van der Waals surface area contributed by atoms with Gasteiger partial charge in [0.1, 0.15) is 17.7 Å². The van der Waals surface area contributed by atoms with Gasteiger partial charge in [-0.05, 0) is 24.3 Å². The third kappa shape index (κ3) is 2.85. The predicted octanol–water partition coefficient (Wildman–Crippen LogP) is 0.914. The van der Waals surface area contributed by atoms with E-state index in [0.29, 0.717) is 18.8 Å². The zero-order valence-corrected chi connectivity index (χ0v) is 11.2. The summed E-state index contributed by atoms with van der Waals surface area (Å²) >= 11 is 0. The van der Waals surface area contributed by atoms with Crippen molar-refractivity contribution >= 4 is 6.03 Å². The Kier molecular flexibility index (Phi) is 3.73. The number of carbonyl (C=O) groups is 1. The molecule has 0 saturated carbocycles. The van der Waals surface area contributed by atoms with Crippen molar-refractivity contribution in [2.24, 2.45) is 0 Å². The van der Waals surface area contributed by atoms with E-state index in [0.717, 1.165) is 26.2 Å². The molecule has 2 aliphatic heterocycles. The summed E-state index contributed by atoms with van der Waals surface area (Å²) < 4.78 is 18.5. The van der Waals surface area contributed by atoms with Crippen LogP contribution in [0.1, 0.15) is 0 Å². The highest BCUT2D eigenvalue weighted by molar-refractivity contribution is 5.75. The molecule has 3 rings (SSSR count). The Labute approximate surface area is 117 Å². The first-order valence-electron chi connectivity index (χ1n) is 6.89. The van der Waals surface area contributed by atoms with Gasteiger partial charge in [0.2, 0.25) is 0 Å². The minimum absolute atomic E-state index is 0.00678. The van der Waals surface area contributed by atoms with Crippen LogP contribution in [-0.2, 0) is 0 Å². The molecule has 108 valence electrons. The van der Waals surface area contributed by atoms with Gasteiger partial charge in [-0.25, -0.2) is 9.18 Å². The van der Waals surface area contributed by atoms with Crippen molar-refractivity contribution < 1.29 is 13.9 Å².